The SMILES string of the molecule is C=C/C=C/CCC/C=C/C(=O)OC1CCC(C2CCCCC2)CC1. The molecule has 0 spiro atoms. The van der Waals surface area contributed by atoms with Crippen LogP contribution in [0.15, 0.2) is 37.0 Å². The van der Waals surface area contributed by atoms with Crippen molar-refractivity contribution < 1.29 is 9.53 Å². The largest absolute Gasteiger partial charge is 0.459 e. The fraction of sp³-hybridized carbons (Fsp3) is 0.682. The first-order valence-electron chi connectivity index (χ1n) is 9.94. The fourth-order valence-electron chi connectivity index (χ4n) is 4.21. The Balaban J connectivity index is 1.58. The number of unbranched alkanes of at least 4 members (excludes halogenated alkanes) is 2. The van der Waals surface area contributed by atoms with Crippen LogP contribution < -0.4 is 0 Å². The first-order valence-corrected chi connectivity index (χ1v) is 9.94. The van der Waals surface area contributed by atoms with Gasteiger partial charge >= 0.3 is 5.97 Å². The monoisotopic (exact) mass is 330 g/mol. The van der Waals surface area contributed by atoms with Gasteiger partial charge in [0, 0.05) is 6.08 Å². The second kappa shape index (κ2) is 11.3. The molecule has 0 aromatic rings. The summed E-state index contributed by atoms with van der Waals surface area (Å²) in [6, 6.07) is 0. The Kier molecular flexibility index (Phi) is 8.94. The number of ether oxygens (including phenoxy) is 1. The molecule has 0 heterocycles. The smallest absolute Gasteiger partial charge is 0.330 e. The first-order chi connectivity index (χ1) is 11.8. The normalized spacial score (nSPS) is 26.0. The maximum atomic E-state index is 11.9. The van der Waals surface area contributed by atoms with Crippen LogP contribution in [0.4, 0.5) is 0 Å². The van der Waals surface area contributed by atoms with Crippen LogP contribution >= 0.6 is 0 Å². The minimum absolute atomic E-state index is 0.150. The van der Waals surface area contributed by atoms with E-state index in [4.69, 9.17) is 4.74 Å². The molecule has 0 N–H and O–H groups in total. The molecule has 0 atom stereocenters. The van der Waals surface area contributed by atoms with Crippen molar-refractivity contribution in [3.8, 4) is 0 Å². The number of carbonyl (C=O) groups is 1. The number of hydrogen-bond donors (Lipinski definition) is 0. The van der Waals surface area contributed by atoms with Gasteiger partial charge in [0.05, 0.1) is 0 Å². The third kappa shape index (κ3) is 7.07. The van der Waals surface area contributed by atoms with E-state index in [1.807, 2.05) is 12.2 Å². The molecule has 0 amide bonds. The Labute approximate surface area is 148 Å². The Morgan fingerprint density at radius 2 is 1.58 bits per heavy atom. The Bertz CT molecular complexity index is 421. The van der Waals surface area contributed by atoms with Gasteiger partial charge in [0.25, 0.3) is 0 Å². The van der Waals surface area contributed by atoms with Crippen molar-refractivity contribution in [2.24, 2.45) is 11.8 Å². The van der Waals surface area contributed by atoms with Gasteiger partial charge in [-0.2, -0.15) is 0 Å². The van der Waals surface area contributed by atoms with E-state index in [-0.39, 0.29) is 12.1 Å². The minimum Gasteiger partial charge on any atom is -0.459 e. The van der Waals surface area contributed by atoms with E-state index < -0.39 is 0 Å². The Morgan fingerprint density at radius 1 is 0.917 bits per heavy atom. The summed E-state index contributed by atoms with van der Waals surface area (Å²) >= 11 is 0. The van der Waals surface area contributed by atoms with E-state index in [0.717, 1.165) is 43.9 Å². The van der Waals surface area contributed by atoms with E-state index >= 15 is 0 Å². The molecule has 2 saturated carbocycles. The highest BCUT2D eigenvalue weighted by atomic mass is 16.5. The summed E-state index contributed by atoms with van der Waals surface area (Å²) in [6.45, 7) is 3.64. The lowest BCUT2D eigenvalue weighted by molar-refractivity contribution is -0.145. The standard InChI is InChI=1S/C22H34O2/c1-2-3-4-5-6-7-11-14-22(23)24-21-17-15-20(16-18-21)19-12-9-8-10-13-19/h2-4,11,14,19-21H,1,5-10,12-13,15-18H2/b4-3+,14-11+. The van der Waals surface area contributed by atoms with Crippen molar-refractivity contribution in [2.45, 2.75) is 83.2 Å². The van der Waals surface area contributed by atoms with Crippen LogP contribution in [-0.4, -0.2) is 12.1 Å². The molecule has 2 rings (SSSR count). The maximum absolute atomic E-state index is 11.9. The second-order valence-corrected chi connectivity index (χ2v) is 7.37. The van der Waals surface area contributed by atoms with Gasteiger partial charge in [-0.25, -0.2) is 4.79 Å². The zero-order valence-electron chi connectivity index (χ0n) is 15.1. The first kappa shape index (κ1) is 19.0. The number of rotatable bonds is 8. The number of allylic oxidation sites excluding steroid dienone is 4. The van der Waals surface area contributed by atoms with E-state index in [0.29, 0.717) is 0 Å². The van der Waals surface area contributed by atoms with Gasteiger partial charge in [-0.15, -0.1) is 0 Å². The predicted molar refractivity (Wildman–Crippen MR) is 101 cm³/mol. The van der Waals surface area contributed by atoms with E-state index in [1.54, 1.807) is 12.2 Å². The molecule has 2 nitrogen and oxygen atoms in total. The van der Waals surface area contributed by atoms with Crippen molar-refractivity contribution in [1.82, 2.24) is 0 Å². The summed E-state index contributed by atoms with van der Waals surface area (Å²) in [5.74, 6) is 1.68. The maximum Gasteiger partial charge on any atom is 0.330 e. The van der Waals surface area contributed by atoms with Gasteiger partial charge in [0.15, 0.2) is 0 Å². The molecular formula is C22H34O2. The van der Waals surface area contributed by atoms with Crippen molar-refractivity contribution in [1.29, 1.82) is 0 Å². The zero-order valence-corrected chi connectivity index (χ0v) is 15.1. The summed E-state index contributed by atoms with van der Waals surface area (Å²) in [4.78, 5) is 11.9. The molecule has 2 heteroatoms. The molecule has 0 unspecified atom stereocenters. The highest BCUT2D eigenvalue weighted by Gasteiger charge is 2.29. The van der Waals surface area contributed by atoms with Crippen molar-refractivity contribution in [3.05, 3.63) is 37.0 Å². The van der Waals surface area contributed by atoms with E-state index in [2.05, 4.69) is 12.7 Å². The molecule has 0 aromatic carbocycles. The predicted octanol–water partition coefficient (Wildman–Crippen LogP) is 6.14. The lowest BCUT2D eigenvalue weighted by Gasteiger charge is -2.35. The molecule has 2 aliphatic carbocycles. The summed E-state index contributed by atoms with van der Waals surface area (Å²) in [5.41, 5.74) is 0. The number of esters is 1. The molecule has 0 bridgehead atoms. The Hall–Kier alpha value is -1.31. The molecule has 2 aliphatic rings. The van der Waals surface area contributed by atoms with Crippen LogP contribution in [0.3, 0.4) is 0 Å². The Morgan fingerprint density at radius 3 is 2.29 bits per heavy atom. The van der Waals surface area contributed by atoms with Gasteiger partial charge in [0.2, 0.25) is 0 Å². The van der Waals surface area contributed by atoms with Crippen LogP contribution in [0, 0.1) is 11.8 Å². The number of carbonyl (C=O) groups excluding carboxylic acids is 1. The minimum atomic E-state index is -0.155. The molecule has 0 aromatic heterocycles. The van der Waals surface area contributed by atoms with Crippen LogP contribution in [0.2, 0.25) is 0 Å². The second-order valence-electron chi connectivity index (χ2n) is 7.37. The van der Waals surface area contributed by atoms with Gasteiger partial charge in [-0.05, 0) is 56.8 Å². The highest BCUT2D eigenvalue weighted by molar-refractivity contribution is 5.82. The van der Waals surface area contributed by atoms with E-state index in [9.17, 15) is 4.79 Å². The average Bonchev–Trinajstić information content (AvgIpc) is 2.62. The van der Waals surface area contributed by atoms with Gasteiger partial charge < -0.3 is 4.74 Å². The van der Waals surface area contributed by atoms with Crippen LogP contribution in [0.5, 0.6) is 0 Å². The fourth-order valence-corrected chi connectivity index (χ4v) is 4.21. The van der Waals surface area contributed by atoms with Crippen molar-refractivity contribution in [2.75, 3.05) is 0 Å². The number of hydrogen-bond acceptors (Lipinski definition) is 2. The lowest BCUT2D eigenvalue weighted by atomic mass is 9.73. The molecule has 24 heavy (non-hydrogen) atoms. The third-order valence-electron chi connectivity index (χ3n) is 5.59. The zero-order chi connectivity index (χ0) is 17.0. The summed E-state index contributed by atoms with van der Waals surface area (Å²) in [7, 11) is 0. The molecule has 134 valence electrons. The average molecular weight is 331 g/mol. The molecule has 0 aliphatic heterocycles. The quantitative estimate of drug-likeness (QED) is 0.231. The summed E-state index contributed by atoms with van der Waals surface area (Å²) in [5, 5.41) is 0. The summed E-state index contributed by atoms with van der Waals surface area (Å²) < 4.78 is 5.62. The highest BCUT2D eigenvalue weighted by Crippen LogP contribution is 2.38. The summed E-state index contributed by atoms with van der Waals surface area (Å²) in [6.07, 6.45) is 24.3. The van der Waals surface area contributed by atoms with Gasteiger partial charge in [-0.1, -0.05) is 63.0 Å². The molecule has 2 fully saturated rings. The molecule has 0 saturated heterocycles. The lowest BCUT2D eigenvalue weighted by Crippen LogP contribution is -2.28. The van der Waals surface area contributed by atoms with Crippen molar-refractivity contribution in [3.63, 3.8) is 0 Å². The third-order valence-corrected chi connectivity index (χ3v) is 5.59. The molecule has 0 radical (unpaired) electrons. The van der Waals surface area contributed by atoms with Gasteiger partial charge in [-0.3, -0.25) is 0 Å². The van der Waals surface area contributed by atoms with Crippen LogP contribution in [-0.2, 0) is 9.53 Å². The van der Waals surface area contributed by atoms with Crippen LogP contribution in [0.1, 0.15) is 77.0 Å². The van der Waals surface area contributed by atoms with E-state index in [1.165, 1.54) is 44.9 Å². The van der Waals surface area contributed by atoms with Gasteiger partial charge in [0.1, 0.15) is 6.10 Å². The van der Waals surface area contributed by atoms with Crippen molar-refractivity contribution >= 4 is 5.97 Å². The topological polar surface area (TPSA) is 26.3 Å². The molecular weight excluding hydrogens is 296 g/mol. The van der Waals surface area contributed by atoms with Crippen LogP contribution in [0.25, 0.3) is 0 Å².